The molecule has 2 aromatic heterocycles. The van der Waals surface area contributed by atoms with Crippen LogP contribution in [0.5, 0.6) is 11.5 Å². The van der Waals surface area contributed by atoms with Gasteiger partial charge in [-0.2, -0.15) is 6.07 Å². The fourth-order valence-electron chi connectivity index (χ4n) is 11.2. The number of nitrogens with zero attached hydrogens (tertiary/aromatic N) is 4. The normalized spacial score (nSPS) is 12.7. The van der Waals surface area contributed by atoms with Crippen molar-refractivity contribution in [3.8, 4) is 61.8 Å². The molecule has 82 heavy (non-hydrogen) atoms. The predicted molar refractivity (Wildman–Crippen MR) is 331 cm³/mol. The number of anilines is 4. The average Bonchev–Trinajstić information content (AvgIpc) is 3.56. The Labute approximate surface area is 496 Å². The molecule has 0 N–H and O–H groups in total. The predicted octanol–water partition coefficient (Wildman–Crippen LogP) is 20.8. The summed E-state index contributed by atoms with van der Waals surface area (Å²) in [7, 11) is 0. The monoisotopic (exact) mass is 1260 g/mol. The number of benzene rings is 9. The molecule has 3 heterocycles. The maximum Gasteiger partial charge on any atom is 0.135 e. The molecule has 0 radical (unpaired) electrons. The summed E-state index contributed by atoms with van der Waals surface area (Å²) in [6, 6.07) is 70.7. The fraction of sp³-hybridized carbons (Fsp3) is 0.189. The Morgan fingerprint density at radius 2 is 1.06 bits per heavy atom. The molecule has 0 saturated heterocycles. The maximum absolute atomic E-state index is 15.7. The minimum absolute atomic E-state index is 0. The molecule has 1 aliphatic rings. The van der Waals surface area contributed by atoms with Gasteiger partial charge in [0.25, 0.3) is 0 Å². The van der Waals surface area contributed by atoms with E-state index in [0.29, 0.717) is 28.3 Å². The van der Waals surface area contributed by atoms with Crippen LogP contribution in [0.4, 0.5) is 31.5 Å². The number of fused-ring (bicyclic) bond motifs is 4. The molecule has 414 valence electrons. The summed E-state index contributed by atoms with van der Waals surface area (Å²) in [6.07, 6.45) is 1.89. The van der Waals surface area contributed by atoms with Crippen molar-refractivity contribution in [1.82, 2.24) is 9.55 Å². The van der Waals surface area contributed by atoms with E-state index < -0.39 is 11.6 Å². The van der Waals surface area contributed by atoms with Crippen molar-refractivity contribution in [2.45, 2.75) is 91.9 Å². The Kier molecular flexibility index (Phi) is 15.0. The van der Waals surface area contributed by atoms with Gasteiger partial charge in [-0.15, -0.1) is 53.6 Å². The van der Waals surface area contributed by atoms with Gasteiger partial charge in [-0.3, -0.25) is 0 Å². The molecule has 0 fully saturated rings. The molecular weight excluding hydrogens is 1190 g/mol. The first-order valence-electron chi connectivity index (χ1n) is 28.0. The molecule has 1 aliphatic heterocycles. The van der Waals surface area contributed by atoms with Crippen molar-refractivity contribution in [2.75, 3.05) is 9.80 Å². The van der Waals surface area contributed by atoms with Crippen LogP contribution in [0.2, 0.25) is 0 Å². The van der Waals surface area contributed by atoms with Crippen LogP contribution in [-0.4, -0.2) is 9.55 Å². The SMILES string of the molecule is CC(C)c1cc(-c2cc(C(C)(C)C)cc(-c3cc(F)cc(F)c3)c2N2[CH-]N(c3[c-]c(Oc4[c-]c5c(cc4)c4ccccc4n5-c4cc(C(C)(C)C)ccn4)cc(-c4ccccc4-c4ccccc4)c3)c3ccccc32)cc(C(C)C)c1.[Pt]. The summed E-state index contributed by atoms with van der Waals surface area (Å²) in [5.74, 6) is 1.02. The largest absolute Gasteiger partial charge is 0.509 e. The van der Waals surface area contributed by atoms with Gasteiger partial charge in [-0.25, -0.2) is 13.8 Å². The summed E-state index contributed by atoms with van der Waals surface area (Å²) in [6.45, 7) is 24.2. The van der Waals surface area contributed by atoms with E-state index in [1.54, 1.807) is 0 Å². The van der Waals surface area contributed by atoms with Crippen LogP contribution in [0.1, 0.15) is 103 Å². The molecular formula is C74H65F2N4OPt-3. The molecule has 0 saturated carbocycles. The first kappa shape index (κ1) is 55.8. The van der Waals surface area contributed by atoms with E-state index in [0.717, 1.165) is 89.7 Å². The average molecular weight is 1260 g/mol. The van der Waals surface area contributed by atoms with Crippen LogP contribution >= 0.6 is 0 Å². The van der Waals surface area contributed by atoms with Gasteiger partial charge in [-0.05, 0) is 133 Å². The number of pyridine rings is 1. The molecule has 8 heteroatoms. The second kappa shape index (κ2) is 22.0. The number of para-hydroxylation sites is 3. The van der Waals surface area contributed by atoms with Crippen LogP contribution in [0, 0.1) is 30.4 Å². The standard InChI is InChI=1S/C74H65F2N4O.Pt/c1-46(2)49-32-50(47(3)4)34-51(33-49)65-39-55(74(8,9)10)40-66(52-35-56(75)42-57(76)36-52)72(65)79-45-78(68-26-18-19-27-69(68)79)58-37-53(62-23-15-14-22-61(62)48-20-12-11-13-21-48)38-60(43-58)81-59-28-29-64-63-24-16-17-25-67(63)80(70(64)44-59)71-41-54(30-31-77-71)73(5,6)7;/h11-42,45-47H,1-10H3;/q-3;. The van der Waals surface area contributed by atoms with Crippen molar-refractivity contribution in [2.24, 2.45) is 0 Å². The van der Waals surface area contributed by atoms with Gasteiger partial charge in [0.2, 0.25) is 0 Å². The van der Waals surface area contributed by atoms with E-state index in [-0.39, 0.29) is 43.7 Å². The Balaban J connectivity index is 0.00000705. The number of rotatable bonds is 11. The first-order chi connectivity index (χ1) is 38.9. The second-order valence-electron chi connectivity index (χ2n) is 24.1. The Bertz CT molecular complexity index is 4160. The van der Waals surface area contributed by atoms with Gasteiger partial charge in [0, 0.05) is 78.5 Å². The molecule has 0 amide bonds. The number of aromatic nitrogens is 2. The quantitative estimate of drug-likeness (QED) is 0.121. The molecule has 0 atom stereocenters. The van der Waals surface area contributed by atoms with Crippen molar-refractivity contribution < 1.29 is 34.6 Å². The van der Waals surface area contributed by atoms with Gasteiger partial charge in [-0.1, -0.05) is 178 Å². The Morgan fingerprint density at radius 1 is 0.488 bits per heavy atom. The van der Waals surface area contributed by atoms with Crippen molar-refractivity contribution in [3.05, 3.63) is 247 Å². The molecule has 0 unspecified atom stereocenters. The minimum atomic E-state index is -0.644. The van der Waals surface area contributed by atoms with Crippen LogP contribution in [0.25, 0.3) is 72.1 Å². The zero-order chi connectivity index (χ0) is 56.5. The molecule has 9 aromatic carbocycles. The zero-order valence-electron chi connectivity index (χ0n) is 48.0. The summed E-state index contributed by atoms with van der Waals surface area (Å²) in [5, 5.41) is 2.13. The maximum atomic E-state index is 15.7. The number of ether oxygens (including phenoxy) is 1. The summed E-state index contributed by atoms with van der Waals surface area (Å²) < 4.78 is 40.6. The van der Waals surface area contributed by atoms with E-state index in [4.69, 9.17) is 9.72 Å². The molecule has 0 spiro atoms. The van der Waals surface area contributed by atoms with Gasteiger partial charge in [0.1, 0.15) is 17.5 Å². The van der Waals surface area contributed by atoms with Crippen LogP contribution in [0.15, 0.2) is 194 Å². The van der Waals surface area contributed by atoms with Crippen molar-refractivity contribution >= 4 is 44.6 Å². The smallest absolute Gasteiger partial charge is 0.135 e. The number of halogens is 2. The molecule has 0 aliphatic carbocycles. The van der Waals surface area contributed by atoms with E-state index in [1.807, 2.05) is 30.5 Å². The third-order valence-electron chi connectivity index (χ3n) is 15.7. The molecule has 0 bridgehead atoms. The third kappa shape index (κ3) is 10.7. The van der Waals surface area contributed by atoms with Gasteiger partial charge >= 0.3 is 0 Å². The van der Waals surface area contributed by atoms with E-state index >= 15 is 8.78 Å². The van der Waals surface area contributed by atoms with Gasteiger partial charge in [0.05, 0.1) is 0 Å². The Morgan fingerprint density at radius 3 is 1.71 bits per heavy atom. The molecule has 12 rings (SSSR count). The minimum Gasteiger partial charge on any atom is -0.509 e. The van der Waals surface area contributed by atoms with E-state index in [2.05, 4.69) is 248 Å². The van der Waals surface area contributed by atoms with Crippen LogP contribution in [0.3, 0.4) is 0 Å². The molecule has 11 aromatic rings. The van der Waals surface area contributed by atoms with E-state index in [1.165, 1.54) is 28.8 Å². The van der Waals surface area contributed by atoms with Crippen molar-refractivity contribution in [1.29, 1.82) is 0 Å². The van der Waals surface area contributed by atoms with Crippen LogP contribution in [-0.2, 0) is 31.9 Å². The fourth-order valence-corrected chi connectivity index (χ4v) is 11.2. The van der Waals surface area contributed by atoms with E-state index in [9.17, 15) is 0 Å². The molecule has 5 nitrogen and oxygen atoms in total. The third-order valence-corrected chi connectivity index (χ3v) is 15.7. The Hall–Kier alpha value is -8.12. The number of hydrogen-bond donors (Lipinski definition) is 0. The summed E-state index contributed by atoms with van der Waals surface area (Å²) in [5.41, 5.74) is 16.6. The van der Waals surface area contributed by atoms with Crippen LogP contribution < -0.4 is 14.5 Å². The first-order valence-corrected chi connectivity index (χ1v) is 28.0. The van der Waals surface area contributed by atoms with Gasteiger partial charge in [0.15, 0.2) is 0 Å². The van der Waals surface area contributed by atoms with Gasteiger partial charge < -0.3 is 19.1 Å². The summed E-state index contributed by atoms with van der Waals surface area (Å²) in [4.78, 5) is 9.27. The number of hydrogen-bond acceptors (Lipinski definition) is 4. The topological polar surface area (TPSA) is 33.5 Å². The zero-order valence-corrected chi connectivity index (χ0v) is 50.2. The second-order valence-corrected chi connectivity index (χ2v) is 24.1. The summed E-state index contributed by atoms with van der Waals surface area (Å²) >= 11 is 0. The van der Waals surface area contributed by atoms with Crippen molar-refractivity contribution in [3.63, 3.8) is 0 Å².